The molecule has 5 heterocycles. The van der Waals surface area contributed by atoms with Gasteiger partial charge in [-0.05, 0) is 57.9 Å². The van der Waals surface area contributed by atoms with Crippen molar-refractivity contribution in [3.63, 3.8) is 0 Å². The largest absolute Gasteiger partial charge is 0.444 e. The zero-order valence-corrected chi connectivity index (χ0v) is 22.6. The number of thiophene rings is 1. The quantitative estimate of drug-likeness (QED) is 0.554. The third-order valence-corrected chi connectivity index (χ3v) is 9.26. The van der Waals surface area contributed by atoms with E-state index in [0.29, 0.717) is 48.6 Å². The van der Waals surface area contributed by atoms with E-state index in [1.54, 1.807) is 11.0 Å². The monoisotopic (exact) mass is 551 g/mol. The van der Waals surface area contributed by atoms with Gasteiger partial charge in [0.25, 0.3) is 0 Å². The smallest absolute Gasteiger partial charge is 0.410 e. The molecule has 12 heteroatoms. The molecule has 6 rings (SSSR count). The van der Waals surface area contributed by atoms with Crippen molar-refractivity contribution in [1.82, 2.24) is 19.8 Å². The Bertz CT molecular complexity index is 1280. The Morgan fingerprint density at radius 3 is 2.47 bits per heavy atom. The Morgan fingerprint density at radius 2 is 1.82 bits per heavy atom. The number of hydrogen-bond acceptors (Lipinski definition) is 7. The van der Waals surface area contributed by atoms with Crippen molar-refractivity contribution in [2.45, 2.75) is 70.7 Å². The molecule has 2 aromatic rings. The summed E-state index contributed by atoms with van der Waals surface area (Å²) in [5, 5.41) is 0.648. The van der Waals surface area contributed by atoms with Crippen LogP contribution < -0.4 is 4.90 Å². The van der Waals surface area contributed by atoms with Crippen LogP contribution in [0.15, 0.2) is 12.4 Å². The third kappa shape index (κ3) is 4.80. The SMILES string of the molecule is CC(C)(C)OC(=O)N1CC2(CC2)C[C@@H]1C(=O)N1CC2(CCN(c3ncnc4sc(CC(F)(F)F)cc34)C2)C1. The fraction of sp³-hybridized carbons (Fsp3) is 0.692. The molecule has 2 spiro atoms. The first-order valence-corrected chi connectivity index (χ1v) is 13.9. The average Bonchev–Trinajstić information content (AvgIpc) is 3.11. The van der Waals surface area contributed by atoms with Gasteiger partial charge in [-0.2, -0.15) is 13.2 Å². The number of alkyl halides is 3. The first-order valence-electron chi connectivity index (χ1n) is 13.1. The van der Waals surface area contributed by atoms with Gasteiger partial charge in [0.05, 0.1) is 11.8 Å². The zero-order valence-electron chi connectivity index (χ0n) is 21.8. The van der Waals surface area contributed by atoms with E-state index in [2.05, 4.69) is 14.9 Å². The zero-order chi connectivity index (χ0) is 27.1. The highest BCUT2D eigenvalue weighted by Crippen LogP contribution is 2.55. The van der Waals surface area contributed by atoms with Crippen LogP contribution >= 0.6 is 11.3 Å². The van der Waals surface area contributed by atoms with Crippen LogP contribution in [0.5, 0.6) is 0 Å². The molecular weight excluding hydrogens is 519 g/mol. The van der Waals surface area contributed by atoms with E-state index < -0.39 is 30.3 Å². The number of halogens is 3. The van der Waals surface area contributed by atoms with Crippen molar-refractivity contribution < 1.29 is 27.5 Å². The van der Waals surface area contributed by atoms with Gasteiger partial charge < -0.3 is 14.5 Å². The van der Waals surface area contributed by atoms with Gasteiger partial charge in [0.1, 0.15) is 28.6 Å². The highest BCUT2D eigenvalue weighted by atomic mass is 32.1. The molecule has 2 amide bonds. The third-order valence-electron chi connectivity index (χ3n) is 8.21. The van der Waals surface area contributed by atoms with E-state index in [1.165, 1.54) is 6.33 Å². The molecule has 3 aliphatic heterocycles. The van der Waals surface area contributed by atoms with Crippen molar-refractivity contribution in [3.05, 3.63) is 17.3 Å². The van der Waals surface area contributed by atoms with Crippen molar-refractivity contribution in [2.24, 2.45) is 10.8 Å². The number of fused-ring (bicyclic) bond motifs is 1. The summed E-state index contributed by atoms with van der Waals surface area (Å²) in [5.74, 6) is 0.645. The first kappa shape index (κ1) is 25.6. The molecular formula is C26H32F3N5O3S. The summed E-state index contributed by atoms with van der Waals surface area (Å²) >= 11 is 1.05. The number of nitrogens with zero attached hydrogens (tertiary/aromatic N) is 5. The van der Waals surface area contributed by atoms with E-state index in [0.717, 1.165) is 37.1 Å². The fourth-order valence-corrected chi connectivity index (χ4v) is 7.28. The van der Waals surface area contributed by atoms with Crippen LogP contribution in [0.3, 0.4) is 0 Å². The number of hydrogen-bond donors (Lipinski definition) is 0. The van der Waals surface area contributed by atoms with E-state index in [9.17, 15) is 22.8 Å². The van der Waals surface area contributed by atoms with E-state index in [-0.39, 0.29) is 21.6 Å². The molecule has 8 nitrogen and oxygen atoms in total. The average molecular weight is 552 g/mol. The lowest BCUT2D eigenvalue weighted by atomic mass is 9.78. The van der Waals surface area contributed by atoms with E-state index in [4.69, 9.17) is 4.74 Å². The molecule has 206 valence electrons. The molecule has 0 N–H and O–H groups in total. The van der Waals surface area contributed by atoms with Crippen LogP contribution in [0.25, 0.3) is 10.2 Å². The number of likely N-dealkylation sites (tertiary alicyclic amines) is 2. The molecule has 1 atom stereocenters. The predicted octanol–water partition coefficient (Wildman–Crippen LogP) is 4.62. The lowest BCUT2D eigenvalue weighted by Crippen LogP contribution is -2.63. The van der Waals surface area contributed by atoms with Crippen molar-refractivity contribution >= 4 is 39.4 Å². The Balaban J connectivity index is 1.12. The highest BCUT2D eigenvalue weighted by molar-refractivity contribution is 7.18. The molecule has 38 heavy (non-hydrogen) atoms. The maximum atomic E-state index is 13.6. The second-order valence-corrected chi connectivity index (χ2v) is 13.7. The lowest BCUT2D eigenvalue weighted by molar-refractivity contribution is -0.147. The molecule has 1 saturated carbocycles. The summed E-state index contributed by atoms with van der Waals surface area (Å²) in [6, 6.07) is 1.07. The minimum Gasteiger partial charge on any atom is -0.444 e. The van der Waals surface area contributed by atoms with Crippen LogP contribution in [0.1, 0.15) is 51.3 Å². The van der Waals surface area contributed by atoms with Crippen LogP contribution in [0, 0.1) is 10.8 Å². The van der Waals surface area contributed by atoms with Gasteiger partial charge in [0.15, 0.2) is 0 Å². The van der Waals surface area contributed by atoms with Gasteiger partial charge in [0.2, 0.25) is 5.91 Å². The maximum absolute atomic E-state index is 13.6. The minimum absolute atomic E-state index is 0.0113. The van der Waals surface area contributed by atoms with Gasteiger partial charge in [-0.1, -0.05) is 0 Å². The van der Waals surface area contributed by atoms with Gasteiger partial charge in [-0.15, -0.1) is 11.3 Å². The molecule has 1 aliphatic carbocycles. The number of rotatable bonds is 3. The van der Waals surface area contributed by atoms with Crippen molar-refractivity contribution in [2.75, 3.05) is 37.6 Å². The second kappa shape index (κ2) is 8.43. The van der Waals surface area contributed by atoms with Gasteiger partial charge in [0, 0.05) is 43.0 Å². The maximum Gasteiger partial charge on any atom is 0.410 e. The standard InChI is InChI=1S/C26H32F3N5O3S/c1-23(2,3)37-22(36)34-14-24(4-5-24)10-18(34)21(35)33-12-25(13-33)6-7-32(11-25)19-17-8-16(9-26(27,28)29)38-20(17)31-15-30-19/h8,15,18H,4-7,9-14H2,1-3H3/t18-/m1/s1. The predicted molar refractivity (Wildman–Crippen MR) is 136 cm³/mol. The van der Waals surface area contributed by atoms with Gasteiger partial charge in [-0.3, -0.25) is 9.69 Å². The lowest BCUT2D eigenvalue weighted by Gasteiger charge is -2.49. The Labute approximate surface area is 223 Å². The Kier molecular flexibility index (Phi) is 5.69. The topological polar surface area (TPSA) is 78.9 Å². The van der Waals surface area contributed by atoms with Crippen LogP contribution in [0.4, 0.5) is 23.8 Å². The van der Waals surface area contributed by atoms with Crippen LogP contribution in [-0.2, 0) is 16.0 Å². The number of ether oxygens (including phenoxy) is 1. The molecule has 2 aromatic heterocycles. The molecule has 4 aliphatic rings. The van der Waals surface area contributed by atoms with Crippen molar-refractivity contribution in [1.29, 1.82) is 0 Å². The van der Waals surface area contributed by atoms with E-state index in [1.807, 2.05) is 25.7 Å². The summed E-state index contributed by atoms with van der Waals surface area (Å²) in [7, 11) is 0. The molecule has 4 fully saturated rings. The Morgan fingerprint density at radius 1 is 1.08 bits per heavy atom. The first-order chi connectivity index (χ1) is 17.7. The second-order valence-electron chi connectivity index (χ2n) is 12.6. The number of carbonyl (C=O) groups is 2. The van der Waals surface area contributed by atoms with Gasteiger partial charge >= 0.3 is 12.3 Å². The van der Waals surface area contributed by atoms with Gasteiger partial charge in [-0.25, -0.2) is 14.8 Å². The highest BCUT2D eigenvalue weighted by Gasteiger charge is 2.58. The van der Waals surface area contributed by atoms with E-state index >= 15 is 0 Å². The number of aromatic nitrogens is 2. The van der Waals surface area contributed by atoms with Crippen molar-refractivity contribution in [3.8, 4) is 0 Å². The summed E-state index contributed by atoms with van der Waals surface area (Å²) in [6.45, 7) is 8.66. The fourth-order valence-electron chi connectivity index (χ4n) is 6.26. The Hall–Kier alpha value is -2.63. The van der Waals surface area contributed by atoms with Crippen LogP contribution in [-0.4, -0.2) is 82.3 Å². The summed E-state index contributed by atoms with van der Waals surface area (Å²) in [4.78, 5) is 41.5. The number of amides is 2. The molecule has 0 radical (unpaired) electrons. The summed E-state index contributed by atoms with van der Waals surface area (Å²) < 4.78 is 44.4. The molecule has 0 unspecified atom stereocenters. The van der Waals surface area contributed by atoms with Crippen LogP contribution in [0.2, 0.25) is 0 Å². The summed E-state index contributed by atoms with van der Waals surface area (Å²) in [5.41, 5.74) is -0.640. The number of carbonyl (C=O) groups excluding carboxylic acids is 2. The molecule has 0 aromatic carbocycles. The normalized spacial score (nSPS) is 23.9. The number of anilines is 1. The molecule has 3 saturated heterocycles. The summed E-state index contributed by atoms with van der Waals surface area (Å²) in [6.07, 6.45) is -0.625. The molecule has 0 bridgehead atoms. The minimum atomic E-state index is -4.27.